The van der Waals surface area contributed by atoms with E-state index in [-0.39, 0.29) is 50.5 Å². The van der Waals surface area contributed by atoms with Gasteiger partial charge in [-0.25, -0.2) is 14.4 Å². The molecule has 6 bridgehead atoms. The molecule has 0 aromatic heterocycles. The molecule has 20 heteroatoms. The number of carbonyl (C=O) groups is 7. The van der Waals surface area contributed by atoms with Crippen LogP contribution in [0.1, 0.15) is 126 Å². The van der Waals surface area contributed by atoms with Crippen molar-refractivity contribution < 1.29 is 96.6 Å². The van der Waals surface area contributed by atoms with Crippen molar-refractivity contribution in [3.63, 3.8) is 0 Å². The molecule has 0 radical (unpaired) electrons. The van der Waals surface area contributed by atoms with Gasteiger partial charge < -0.3 is 63.1 Å². The second kappa shape index (κ2) is 25.4. The zero-order valence-corrected chi connectivity index (χ0v) is 42.1. The molecule has 4 aliphatic rings. The minimum Gasteiger partial charge on any atom is -0.481 e. The van der Waals surface area contributed by atoms with Crippen LogP contribution in [0, 0.1) is 10.8 Å². The molecule has 4 heterocycles. The van der Waals surface area contributed by atoms with Crippen LogP contribution in [-0.2, 0) is 76.2 Å². The monoisotopic (exact) mass is 1000 g/mol. The van der Waals surface area contributed by atoms with Crippen LogP contribution < -0.4 is 0 Å². The molecule has 0 unspecified atom stereocenters. The van der Waals surface area contributed by atoms with Crippen LogP contribution >= 0.6 is 0 Å². The topological polar surface area (TPSA) is 283 Å². The molecule has 396 valence electrons. The molecule has 20 nitrogen and oxygen atoms in total. The summed E-state index contributed by atoms with van der Waals surface area (Å²) in [4.78, 5) is 89.7. The fraction of sp³-hybridized carbons (Fsp3) is 0.667. The first-order valence-electron chi connectivity index (χ1n) is 23.9. The average molecular weight is 1010 g/mol. The molecule has 0 amide bonds. The minimum absolute atomic E-state index is 0.0123. The standard InChI is InChI=1S/C51H72O20/c1-10-11-12-13-14-15-42(56)69-47-33(24-45(59)64-9)23-36-27-39(30(2)65-43(57)17-16-41(54)55)68-46(60)26-34(53)25-37-28-40(66-31(3)52)49(6,7)50(61,70-37)29-38-21-32(22-44(58)63-8)20-35(67-38)18-19-48(4,5)51(47,62)71-36/h12-15,18-19,22,24,30,34-40,47,53,61-62H,10-11,16-17,20-21,23,25-29H2,1-9H3,(H,54,55)/b13-12+,15-14+,19-18+,32-22+,33-24+/t30-,34+,35-,36-,37+,38-,39+,40-,47-,50-,51+/m0/s1. The second-order valence-corrected chi connectivity index (χ2v) is 19.6. The van der Waals surface area contributed by atoms with Gasteiger partial charge in [0.25, 0.3) is 0 Å². The molecule has 4 N–H and O–H groups in total. The Hall–Kier alpha value is -5.25. The number of hydrogen-bond donors (Lipinski definition) is 4. The highest BCUT2D eigenvalue weighted by atomic mass is 16.7. The Morgan fingerprint density at radius 2 is 1.54 bits per heavy atom. The van der Waals surface area contributed by atoms with Gasteiger partial charge in [0, 0.05) is 56.3 Å². The largest absolute Gasteiger partial charge is 0.481 e. The molecule has 0 aliphatic carbocycles. The lowest BCUT2D eigenvalue weighted by molar-refractivity contribution is -0.348. The Kier molecular flexibility index (Phi) is 20.9. The number of methoxy groups -OCH3 is 2. The Balaban J connectivity index is 1.93. The van der Waals surface area contributed by atoms with Gasteiger partial charge in [0.15, 0.2) is 11.9 Å². The first-order chi connectivity index (χ1) is 33.2. The van der Waals surface area contributed by atoms with E-state index < -0.39 is 138 Å². The number of ether oxygens (including phenoxy) is 9. The van der Waals surface area contributed by atoms with Crippen molar-refractivity contribution in [1.29, 1.82) is 0 Å². The van der Waals surface area contributed by atoms with Gasteiger partial charge in [0.1, 0.15) is 18.3 Å². The number of cyclic esters (lactones) is 1. The van der Waals surface area contributed by atoms with Gasteiger partial charge in [-0.3, -0.25) is 19.2 Å². The molecule has 0 spiro atoms. The summed E-state index contributed by atoms with van der Waals surface area (Å²) in [6.07, 6.45) is -0.196. The van der Waals surface area contributed by atoms with E-state index in [4.69, 9.17) is 42.6 Å². The highest BCUT2D eigenvalue weighted by Crippen LogP contribution is 2.50. The average Bonchev–Trinajstić information content (AvgIpc) is 3.26. The number of unbranched alkanes of at least 4 members (excludes halogenated alkanes) is 1. The van der Waals surface area contributed by atoms with Crippen molar-refractivity contribution in [1.82, 2.24) is 0 Å². The molecule has 0 aromatic carbocycles. The number of carboxylic acids is 1. The highest BCUT2D eigenvalue weighted by molar-refractivity contribution is 5.85. The number of aliphatic hydroxyl groups excluding tert-OH is 1. The van der Waals surface area contributed by atoms with Crippen molar-refractivity contribution in [2.24, 2.45) is 10.8 Å². The van der Waals surface area contributed by atoms with E-state index in [1.807, 2.05) is 13.0 Å². The van der Waals surface area contributed by atoms with Gasteiger partial charge in [0.2, 0.25) is 5.79 Å². The van der Waals surface area contributed by atoms with Gasteiger partial charge in [-0.2, -0.15) is 0 Å². The van der Waals surface area contributed by atoms with E-state index in [2.05, 4.69) is 0 Å². The van der Waals surface area contributed by atoms with Crippen LogP contribution in [0.15, 0.2) is 59.8 Å². The summed E-state index contributed by atoms with van der Waals surface area (Å²) in [5.74, 6) is -11.0. The molecule has 0 aromatic rings. The third kappa shape index (κ3) is 16.1. The van der Waals surface area contributed by atoms with Crippen molar-refractivity contribution in [2.75, 3.05) is 14.2 Å². The van der Waals surface area contributed by atoms with E-state index in [9.17, 15) is 54.0 Å². The summed E-state index contributed by atoms with van der Waals surface area (Å²) in [6.45, 7) is 11.0. The van der Waals surface area contributed by atoms with Crippen molar-refractivity contribution in [2.45, 2.75) is 192 Å². The Morgan fingerprint density at radius 1 is 0.845 bits per heavy atom. The Morgan fingerprint density at radius 3 is 2.18 bits per heavy atom. The maximum atomic E-state index is 13.8. The number of fused-ring (bicyclic) bond motifs is 6. The predicted molar refractivity (Wildman–Crippen MR) is 249 cm³/mol. The van der Waals surface area contributed by atoms with Gasteiger partial charge in [-0.1, -0.05) is 77.0 Å². The lowest BCUT2D eigenvalue weighted by Gasteiger charge is -2.53. The summed E-state index contributed by atoms with van der Waals surface area (Å²) in [5.41, 5.74) is -2.32. The van der Waals surface area contributed by atoms with E-state index in [1.165, 1.54) is 33.1 Å². The van der Waals surface area contributed by atoms with Gasteiger partial charge in [-0.15, -0.1) is 0 Å². The van der Waals surface area contributed by atoms with Gasteiger partial charge in [-0.05, 0) is 38.2 Å². The molecule has 0 saturated carbocycles. The molecule has 11 atom stereocenters. The number of hydrogen-bond acceptors (Lipinski definition) is 19. The van der Waals surface area contributed by atoms with Crippen molar-refractivity contribution in [3.05, 3.63) is 59.8 Å². The van der Waals surface area contributed by atoms with Gasteiger partial charge >= 0.3 is 41.8 Å². The van der Waals surface area contributed by atoms with Crippen LogP contribution in [0.2, 0.25) is 0 Å². The molecular formula is C51H72O20. The van der Waals surface area contributed by atoms with Crippen LogP contribution in [-0.4, -0.2) is 143 Å². The van der Waals surface area contributed by atoms with Gasteiger partial charge in [0.05, 0.1) is 69.4 Å². The maximum absolute atomic E-state index is 13.8. The number of carbonyl (C=O) groups excluding carboxylic acids is 6. The number of aliphatic carboxylic acids is 1. The zero-order valence-electron chi connectivity index (χ0n) is 42.1. The minimum atomic E-state index is -2.57. The highest BCUT2D eigenvalue weighted by Gasteiger charge is 2.59. The van der Waals surface area contributed by atoms with E-state index >= 15 is 0 Å². The summed E-state index contributed by atoms with van der Waals surface area (Å²) in [5, 5.41) is 46.3. The van der Waals surface area contributed by atoms with Crippen LogP contribution in [0.5, 0.6) is 0 Å². The first-order valence-corrected chi connectivity index (χ1v) is 23.9. The second-order valence-electron chi connectivity index (χ2n) is 19.6. The molecule has 71 heavy (non-hydrogen) atoms. The number of rotatable bonds is 13. The van der Waals surface area contributed by atoms with Crippen molar-refractivity contribution in [3.8, 4) is 0 Å². The lowest BCUT2D eigenvalue weighted by Crippen LogP contribution is -2.62. The molecule has 4 aliphatic heterocycles. The zero-order chi connectivity index (χ0) is 52.9. The fourth-order valence-electron chi connectivity index (χ4n) is 9.12. The van der Waals surface area contributed by atoms with Crippen LogP contribution in [0.4, 0.5) is 0 Å². The Bertz CT molecular complexity index is 2080. The van der Waals surface area contributed by atoms with Crippen LogP contribution in [0.3, 0.4) is 0 Å². The van der Waals surface area contributed by atoms with E-state index in [0.29, 0.717) is 5.57 Å². The summed E-state index contributed by atoms with van der Waals surface area (Å²) in [7, 11) is 2.35. The summed E-state index contributed by atoms with van der Waals surface area (Å²) in [6, 6.07) is 0. The number of aliphatic hydroxyl groups is 3. The third-order valence-electron chi connectivity index (χ3n) is 13.2. The van der Waals surface area contributed by atoms with Crippen LogP contribution in [0.25, 0.3) is 0 Å². The van der Waals surface area contributed by atoms with E-state index in [1.54, 1.807) is 45.9 Å². The SMILES string of the molecule is CCC/C=C/C=C/C(=O)O[C@H]1/C(=C/C(=O)OC)C[C@H]2C[C@H]([C@H](C)OC(=O)CCC(=O)O)OC(=O)C[C@H](O)C[C@@H]3C[C@H](OC(C)=O)C(C)(C)[C@](O)(C[C@@H]4C/C(=C/C(=O)OC)C[C@H](/C=C/C(C)(C)[C@]1(O)O2)O4)O3. The van der Waals surface area contributed by atoms with Crippen molar-refractivity contribution >= 4 is 41.8 Å². The normalized spacial score (nSPS) is 33.3. The summed E-state index contributed by atoms with van der Waals surface area (Å²) < 4.78 is 52.6. The number of allylic oxidation sites excluding steroid dienone is 3. The van der Waals surface area contributed by atoms with E-state index in [0.717, 1.165) is 32.1 Å². The molecule has 3 saturated heterocycles. The lowest BCUT2D eigenvalue weighted by atomic mass is 9.70. The smallest absolute Gasteiger partial charge is 0.331 e. The Labute approximate surface area is 414 Å². The predicted octanol–water partition coefficient (Wildman–Crippen LogP) is 4.70. The number of esters is 6. The number of carboxylic acid groups (broad SMARTS) is 1. The maximum Gasteiger partial charge on any atom is 0.331 e. The molecule has 4 rings (SSSR count). The first kappa shape index (κ1) is 58.3. The quantitative estimate of drug-likeness (QED) is 0.0640. The summed E-state index contributed by atoms with van der Waals surface area (Å²) >= 11 is 0. The molecule has 3 fully saturated rings. The third-order valence-corrected chi connectivity index (χ3v) is 13.2. The molecular weight excluding hydrogens is 933 g/mol. The fourth-order valence-corrected chi connectivity index (χ4v) is 9.12.